The third-order valence-corrected chi connectivity index (χ3v) is 3.52. The Morgan fingerprint density at radius 1 is 1.00 bits per heavy atom. The number of fused-ring (bicyclic) bond motifs is 1. The number of hydrogen-bond acceptors (Lipinski definition) is 4. The number of halogens is 2. The minimum atomic E-state index is 0.457. The van der Waals surface area contributed by atoms with Crippen LogP contribution in [0.25, 0.3) is 9.40 Å². The highest BCUT2D eigenvalue weighted by atomic mass is 35.5. The molecule has 2 rings (SSSR count). The van der Waals surface area contributed by atoms with Gasteiger partial charge in [0.25, 0.3) is 0 Å². The van der Waals surface area contributed by atoms with Crippen molar-refractivity contribution >= 4 is 55.7 Å². The van der Waals surface area contributed by atoms with E-state index in [1.807, 2.05) is 0 Å². The SMILES string of the molecule is Clc1nsc2snc(Cl)c12. The summed E-state index contributed by atoms with van der Waals surface area (Å²) in [5, 5.41) is 1.70. The van der Waals surface area contributed by atoms with E-state index in [1.165, 1.54) is 23.1 Å². The summed E-state index contributed by atoms with van der Waals surface area (Å²) >= 11 is 14.1. The second-order valence-corrected chi connectivity index (χ2v) is 4.13. The van der Waals surface area contributed by atoms with Gasteiger partial charge < -0.3 is 0 Å². The quantitative estimate of drug-likeness (QED) is 0.669. The van der Waals surface area contributed by atoms with E-state index in [4.69, 9.17) is 23.2 Å². The van der Waals surface area contributed by atoms with Gasteiger partial charge in [0.2, 0.25) is 0 Å². The monoisotopic (exact) mass is 210 g/mol. The molecule has 0 N–H and O–H groups in total. The van der Waals surface area contributed by atoms with Crippen molar-refractivity contribution in [2.45, 2.75) is 0 Å². The highest BCUT2D eigenvalue weighted by Crippen LogP contribution is 2.34. The molecule has 2 aromatic heterocycles. The van der Waals surface area contributed by atoms with Crippen molar-refractivity contribution in [1.29, 1.82) is 0 Å². The lowest BCUT2D eigenvalue weighted by Gasteiger charge is -1.76. The standard InChI is InChI=1S/C4Cl2N2S2/c5-2-1-3(6)8-10-4(1)9-7-2. The number of aromatic nitrogens is 2. The predicted octanol–water partition coefficient (Wildman–Crippen LogP) is 3.06. The molecule has 6 heteroatoms. The van der Waals surface area contributed by atoms with Gasteiger partial charge in [0.15, 0.2) is 10.3 Å². The van der Waals surface area contributed by atoms with Crippen LogP contribution < -0.4 is 0 Å². The molecule has 0 bridgehead atoms. The van der Waals surface area contributed by atoms with Gasteiger partial charge in [-0.25, -0.2) is 0 Å². The van der Waals surface area contributed by atoms with Gasteiger partial charge in [0.1, 0.15) is 4.01 Å². The Labute approximate surface area is 74.7 Å². The fourth-order valence-electron chi connectivity index (χ4n) is 0.616. The molecule has 0 atom stereocenters. The Balaban J connectivity index is 2.98. The van der Waals surface area contributed by atoms with Crippen molar-refractivity contribution in [3.8, 4) is 0 Å². The van der Waals surface area contributed by atoms with E-state index in [-0.39, 0.29) is 0 Å². The summed E-state index contributed by atoms with van der Waals surface area (Å²) in [6.45, 7) is 0. The first-order valence-electron chi connectivity index (χ1n) is 2.35. The van der Waals surface area contributed by atoms with Crippen LogP contribution in [0.3, 0.4) is 0 Å². The van der Waals surface area contributed by atoms with Crippen molar-refractivity contribution in [3.05, 3.63) is 10.3 Å². The minimum absolute atomic E-state index is 0.457. The fourth-order valence-corrected chi connectivity index (χ4v) is 2.90. The zero-order valence-corrected chi connectivity index (χ0v) is 7.61. The maximum atomic E-state index is 5.70. The molecular weight excluding hydrogens is 211 g/mol. The summed E-state index contributed by atoms with van der Waals surface area (Å²) in [5.41, 5.74) is 0. The van der Waals surface area contributed by atoms with Gasteiger partial charge in [-0.3, -0.25) is 0 Å². The van der Waals surface area contributed by atoms with Gasteiger partial charge in [-0.15, -0.1) is 0 Å². The molecule has 0 saturated heterocycles. The van der Waals surface area contributed by atoms with E-state index in [9.17, 15) is 0 Å². The highest BCUT2D eigenvalue weighted by molar-refractivity contribution is 7.33. The van der Waals surface area contributed by atoms with Crippen LogP contribution in [0.4, 0.5) is 0 Å². The second-order valence-electron chi connectivity index (χ2n) is 1.61. The molecule has 2 aromatic rings. The van der Waals surface area contributed by atoms with Crippen LogP contribution in [-0.4, -0.2) is 8.75 Å². The third kappa shape index (κ3) is 0.836. The van der Waals surface area contributed by atoms with Crippen molar-refractivity contribution in [1.82, 2.24) is 8.75 Å². The van der Waals surface area contributed by atoms with Gasteiger partial charge in [-0.2, -0.15) is 8.75 Å². The Hall–Kier alpha value is 0.1000. The van der Waals surface area contributed by atoms with Crippen molar-refractivity contribution in [3.63, 3.8) is 0 Å². The molecule has 52 valence electrons. The molecule has 0 saturated carbocycles. The fraction of sp³-hybridized carbons (Fsp3) is 0. The van der Waals surface area contributed by atoms with E-state index < -0.39 is 0 Å². The Bertz CT molecular complexity index is 335. The van der Waals surface area contributed by atoms with Crippen LogP contribution in [0.5, 0.6) is 0 Å². The molecule has 10 heavy (non-hydrogen) atoms. The lowest BCUT2D eigenvalue weighted by molar-refractivity contribution is 1.56. The number of rotatable bonds is 0. The van der Waals surface area contributed by atoms with Crippen LogP contribution >= 0.6 is 46.3 Å². The minimum Gasteiger partial charge on any atom is -0.179 e. The van der Waals surface area contributed by atoms with Crippen molar-refractivity contribution < 1.29 is 0 Å². The van der Waals surface area contributed by atoms with Crippen molar-refractivity contribution in [2.24, 2.45) is 0 Å². The van der Waals surface area contributed by atoms with Crippen LogP contribution in [-0.2, 0) is 0 Å². The summed E-state index contributed by atoms with van der Waals surface area (Å²) in [6.07, 6.45) is 0. The highest BCUT2D eigenvalue weighted by Gasteiger charge is 2.10. The first-order chi connectivity index (χ1) is 4.79. The van der Waals surface area contributed by atoms with Gasteiger partial charge in [0.05, 0.1) is 5.39 Å². The van der Waals surface area contributed by atoms with Gasteiger partial charge in [-0.1, -0.05) is 23.2 Å². The first-order valence-corrected chi connectivity index (χ1v) is 4.65. The molecule has 0 aliphatic heterocycles. The Morgan fingerprint density at radius 2 is 1.50 bits per heavy atom. The van der Waals surface area contributed by atoms with E-state index in [2.05, 4.69) is 8.75 Å². The van der Waals surface area contributed by atoms with E-state index in [1.54, 1.807) is 0 Å². The zero-order valence-electron chi connectivity index (χ0n) is 4.47. The molecule has 0 radical (unpaired) electrons. The molecule has 0 spiro atoms. The molecular formula is C4Cl2N2S2. The van der Waals surface area contributed by atoms with Crippen molar-refractivity contribution in [2.75, 3.05) is 0 Å². The Kier molecular flexibility index (Phi) is 1.56. The van der Waals surface area contributed by atoms with Crippen LogP contribution in [0, 0.1) is 0 Å². The Morgan fingerprint density at radius 3 is 1.90 bits per heavy atom. The summed E-state index contributed by atoms with van der Waals surface area (Å²) in [5.74, 6) is 0. The molecule has 0 aliphatic rings. The largest absolute Gasteiger partial charge is 0.179 e. The summed E-state index contributed by atoms with van der Waals surface area (Å²) < 4.78 is 8.80. The zero-order chi connectivity index (χ0) is 7.14. The second kappa shape index (κ2) is 2.30. The molecule has 0 aliphatic carbocycles. The lowest BCUT2D eigenvalue weighted by atomic mass is 10.5. The predicted molar refractivity (Wildman–Crippen MR) is 45.3 cm³/mol. The van der Waals surface area contributed by atoms with E-state index in [0.717, 1.165) is 9.40 Å². The summed E-state index contributed by atoms with van der Waals surface area (Å²) in [4.78, 5) is 0. The van der Waals surface area contributed by atoms with E-state index >= 15 is 0 Å². The smallest absolute Gasteiger partial charge is 0.154 e. The lowest BCUT2D eigenvalue weighted by Crippen LogP contribution is -1.60. The maximum absolute atomic E-state index is 5.70. The molecule has 0 amide bonds. The number of hydrogen-bond donors (Lipinski definition) is 0. The maximum Gasteiger partial charge on any atom is 0.154 e. The molecule has 0 unspecified atom stereocenters. The summed E-state index contributed by atoms with van der Waals surface area (Å²) in [7, 11) is 0. The van der Waals surface area contributed by atoms with Gasteiger partial charge in [0, 0.05) is 0 Å². The van der Waals surface area contributed by atoms with Crippen LogP contribution in [0.1, 0.15) is 0 Å². The molecule has 2 heterocycles. The molecule has 0 aromatic carbocycles. The third-order valence-electron chi connectivity index (χ3n) is 1.03. The summed E-state index contributed by atoms with van der Waals surface area (Å²) in [6, 6.07) is 0. The topological polar surface area (TPSA) is 25.8 Å². The molecule has 2 nitrogen and oxygen atoms in total. The molecule has 0 fully saturated rings. The van der Waals surface area contributed by atoms with Gasteiger partial charge >= 0.3 is 0 Å². The normalized spacial score (nSPS) is 11.0. The average Bonchev–Trinajstić information content (AvgIpc) is 2.40. The van der Waals surface area contributed by atoms with Crippen LogP contribution in [0.15, 0.2) is 0 Å². The number of nitrogens with zero attached hydrogens (tertiary/aromatic N) is 2. The average molecular weight is 211 g/mol. The first kappa shape index (κ1) is 6.79. The van der Waals surface area contributed by atoms with E-state index in [0.29, 0.717) is 10.3 Å². The van der Waals surface area contributed by atoms with Crippen LogP contribution in [0.2, 0.25) is 10.3 Å². The van der Waals surface area contributed by atoms with Gasteiger partial charge in [-0.05, 0) is 23.1 Å².